The Morgan fingerprint density at radius 1 is 1.56 bits per heavy atom. The fraction of sp³-hybridized carbons (Fsp3) is 0.500. The van der Waals surface area contributed by atoms with E-state index in [2.05, 4.69) is 16.1 Å². The minimum atomic E-state index is 0. The molecule has 1 aromatic rings. The topological polar surface area (TPSA) is 8.81 Å². The lowest BCUT2D eigenvalue weighted by Gasteiger charge is -1.84. The first kappa shape index (κ1) is 8.50. The second-order valence-electron chi connectivity index (χ2n) is 2.07. The molecule has 1 heterocycles. The first-order chi connectivity index (χ1) is 3.72. The molecule has 0 aliphatic carbocycles. The number of aromatic nitrogens is 2. The van der Waals surface area contributed by atoms with Crippen molar-refractivity contribution in [3.8, 4) is 0 Å². The number of imidazole rings is 1. The molecule has 52 valence electrons. The second-order valence-corrected chi connectivity index (χ2v) is 2.07. The lowest BCUT2D eigenvalue weighted by Crippen LogP contribution is -3.00. The van der Waals surface area contributed by atoms with E-state index in [0.29, 0.717) is 0 Å². The minimum absolute atomic E-state index is 0. The normalized spacial score (nSPS) is 8.78. The Balaban J connectivity index is 0.000000640. The summed E-state index contributed by atoms with van der Waals surface area (Å²) in [5, 5.41) is 0. The van der Waals surface area contributed by atoms with Gasteiger partial charge in [0.2, 0.25) is 0 Å². The van der Waals surface area contributed by atoms with Gasteiger partial charge in [0.1, 0.15) is 12.4 Å². The fourth-order valence-corrected chi connectivity index (χ4v) is 0.665. The highest BCUT2D eigenvalue weighted by Crippen LogP contribution is 1.84. The van der Waals surface area contributed by atoms with Crippen LogP contribution in [0.3, 0.4) is 0 Å². The Bertz CT molecular complexity index is 173. The van der Waals surface area contributed by atoms with Gasteiger partial charge in [-0.05, 0) is 0 Å². The molecule has 0 spiro atoms. The van der Waals surface area contributed by atoms with Gasteiger partial charge in [0.15, 0.2) is 0 Å². The first-order valence-corrected chi connectivity index (χ1v) is 2.69. The van der Waals surface area contributed by atoms with Gasteiger partial charge in [0.05, 0.1) is 14.1 Å². The van der Waals surface area contributed by atoms with Gasteiger partial charge < -0.3 is 12.4 Å². The zero-order valence-electron chi connectivity index (χ0n) is 5.93. The maximum absolute atomic E-state index is 2.08. The summed E-state index contributed by atoms with van der Waals surface area (Å²) in [5.41, 5.74) is 0. The molecule has 0 aliphatic heterocycles. The van der Waals surface area contributed by atoms with E-state index in [4.69, 9.17) is 0 Å². The Hall–Kier alpha value is -0.500. The summed E-state index contributed by atoms with van der Waals surface area (Å²) in [6.45, 7) is 2.08. The molecular weight excluding hydrogens is 136 g/mol. The molecule has 1 aromatic heterocycles. The standard InChI is InChI=1S/C6H11N2.ClH/c1-6-7(2)4-5-8(6)3;/h4-5H,1-3H3;1H/q+1;/p-1. The van der Waals surface area contributed by atoms with E-state index in [1.807, 2.05) is 26.5 Å². The maximum atomic E-state index is 2.08. The molecule has 0 aliphatic rings. The molecule has 9 heavy (non-hydrogen) atoms. The van der Waals surface area contributed by atoms with Crippen LogP contribution in [0.2, 0.25) is 0 Å². The molecule has 0 bridgehead atoms. The molecule has 0 unspecified atom stereocenters. The molecule has 0 radical (unpaired) electrons. The number of rotatable bonds is 0. The van der Waals surface area contributed by atoms with Crippen molar-refractivity contribution in [3.63, 3.8) is 0 Å². The summed E-state index contributed by atoms with van der Waals surface area (Å²) in [5.74, 6) is 1.27. The van der Waals surface area contributed by atoms with E-state index < -0.39 is 0 Å². The molecule has 0 saturated heterocycles. The van der Waals surface area contributed by atoms with Crippen LogP contribution in [0.15, 0.2) is 12.4 Å². The molecular formula is C6H11ClN2. The molecule has 0 amide bonds. The fourth-order valence-electron chi connectivity index (χ4n) is 0.665. The van der Waals surface area contributed by atoms with Crippen LogP contribution in [-0.4, -0.2) is 4.57 Å². The number of halogens is 1. The predicted molar refractivity (Wildman–Crippen MR) is 31.3 cm³/mol. The quantitative estimate of drug-likeness (QED) is 0.349. The van der Waals surface area contributed by atoms with E-state index in [9.17, 15) is 0 Å². The van der Waals surface area contributed by atoms with Gasteiger partial charge in [-0.2, -0.15) is 0 Å². The van der Waals surface area contributed by atoms with Gasteiger partial charge in [-0.1, -0.05) is 0 Å². The zero-order chi connectivity index (χ0) is 6.15. The van der Waals surface area contributed by atoms with E-state index in [1.165, 1.54) is 5.82 Å². The molecule has 0 saturated carbocycles. The molecule has 0 N–H and O–H groups in total. The third-order valence-electron chi connectivity index (χ3n) is 1.53. The Kier molecular flexibility index (Phi) is 2.71. The largest absolute Gasteiger partial charge is 1.00 e. The Labute approximate surface area is 61.5 Å². The number of nitrogens with zero attached hydrogens (tertiary/aromatic N) is 2. The van der Waals surface area contributed by atoms with Crippen molar-refractivity contribution < 1.29 is 17.0 Å². The van der Waals surface area contributed by atoms with Crippen molar-refractivity contribution in [2.75, 3.05) is 0 Å². The highest BCUT2D eigenvalue weighted by atomic mass is 35.5. The van der Waals surface area contributed by atoms with E-state index >= 15 is 0 Å². The molecule has 1 rings (SSSR count). The summed E-state index contributed by atoms with van der Waals surface area (Å²) >= 11 is 0. The van der Waals surface area contributed by atoms with Crippen molar-refractivity contribution in [2.45, 2.75) is 6.92 Å². The summed E-state index contributed by atoms with van der Waals surface area (Å²) in [6, 6.07) is 0. The highest BCUT2D eigenvalue weighted by molar-refractivity contribution is 4.75. The summed E-state index contributed by atoms with van der Waals surface area (Å²) in [6.07, 6.45) is 4.07. The second kappa shape index (κ2) is 2.87. The summed E-state index contributed by atoms with van der Waals surface area (Å²) in [7, 11) is 4.07. The lowest BCUT2D eigenvalue weighted by atomic mass is 10.7. The van der Waals surface area contributed by atoms with Gasteiger partial charge >= 0.3 is 0 Å². The van der Waals surface area contributed by atoms with Crippen LogP contribution in [0.5, 0.6) is 0 Å². The van der Waals surface area contributed by atoms with Crippen LogP contribution < -0.4 is 17.0 Å². The highest BCUT2D eigenvalue weighted by Gasteiger charge is 2.00. The van der Waals surface area contributed by atoms with Gasteiger partial charge in [-0.25, -0.2) is 9.13 Å². The van der Waals surface area contributed by atoms with Gasteiger partial charge in [0, 0.05) is 6.92 Å². The smallest absolute Gasteiger partial charge is 0.252 e. The molecule has 0 atom stereocenters. The van der Waals surface area contributed by atoms with E-state index in [0.717, 1.165) is 0 Å². The monoisotopic (exact) mass is 146 g/mol. The van der Waals surface area contributed by atoms with Gasteiger partial charge in [-0.3, -0.25) is 0 Å². The molecule has 0 fully saturated rings. The van der Waals surface area contributed by atoms with Crippen LogP contribution in [0, 0.1) is 6.92 Å². The number of hydrogen-bond acceptors (Lipinski definition) is 0. The molecule has 2 nitrogen and oxygen atoms in total. The Morgan fingerprint density at radius 3 is 2.22 bits per heavy atom. The maximum Gasteiger partial charge on any atom is 0.252 e. The number of aryl methyl sites for hydroxylation is 2. The van der Waals surface area contributed by atoms with Crippen LogP contribution >= 0.6 is 0 Å². The van der Waals surface area contributed by atoms with Crippen LogP contribution in [-0.2, 0) is 14.1 Å². The first-order valence-electron chi connectivity index (χ1n) is 2.69. The van der Waals surface area contributed by atoms with Crippen LogP contribution in [0.4, 0.5) is 0 Å². The summed E-state index contributed by atoms with van der Waals surface area (Å²) in [4.78, 5) is 0. The third kappa shape index (κ3) is 1.45. The van der Waals surface area contributed by atoms with E-state index in [-0.39, 0.29) is 12.4 Å². The average molecular weight is 147 g/mol. The third-order valence-corrected chi connectivity index (χ3v) is 1.53. The Morgan fingerprint density at radius 2 is 2.11 bits per heavy atom. The van der Waals surface area contributed by atoms with Crippen LogP contribution in [0.25, 0.3) is 0 Å². The van der Waals surface area contributed by atoms with Crippen molar-refractivity contribution in [1.29, 1.82) is 0 Å². The van der Waals surface area contributed by atoms with Crippen molar-refractivity contribution >= 4 is 0 Å². The lowest BCUT2D eigenvalue weighted by molar-refractivity contribution is -0.677. The minimum Gasteiger partial charge on any atom is -1.00 e. The molecule has 0 aromatic carbocycles. The number of hydrogen-bond donors (Lipinski definition) is 0. The molecule has 3 heteroatoms. The zero-order valence-corrected chi connectivity index (χ0v) is 6.68. The SMILES string of the molecule is Cc1n(C)cc[n+]1C.[Cl-]. The van der Waals surface area contributed by atoms with E-state index in [1.54, 1.807) is 0 Å². The van der Waals surface area contributed by atoms with Crippen molar-refractivity contribution in [3.05, 3.63) is 18.2 Å². The average Bonchev–Trinajstić information content (AvgIpc) is 1.98. The van der Waals surface area contributed by atoms with Gasteiger partial charge in [-0.15, -0.1) is 0 Å². The van der Waals surface area contributed by atoms with Crippen molar-refractivity contribution in [2.24, 2.45) is 14.1 Å². The van der Waals surface area contributed by atoms with Crippen molar-refractivity contribution in [1.82, 2.24) is 4.57 Å². The van der Waals surface area contributed by atoms with Crippen LogP contribution in [0.1, 0.15) is 5.82 Å². The van der Waals surface area contributed by atoms with Gasteiger partial charge in [0.25, 0.3) is 5.82 Å². The predicted octanol–water partition coefficient (Wildman–Crippen LogP) is -2.84. The summed E-state index contributed by atoms with van der Waals surface area (Å²) < 4.78 is 4.17.